The first-order valence-corrected chi connectivity index (χ1v) is 9.31. The molecule has 11 heteroatoms. The van der Waals surface area contributed by atoms with Gasteiger partial charge in [0, 0.05) is 12.7 Å². The molecule has 0 bridgehead atoms. The smallest absolute Gasteiger partial charge is 0.293 e. The van der Waals surface area contributed by atoms with E-state index >= 15 is 0 Å². The maximum absolute atomic E-state index is 12.8. The SMILES string of the molecule is CN(Cc1c(C(=O)NN=Cc2ccccc2)nnn1-c1nonc1N)c1ccccc1. The second-order valence-corrected chi connectivity index (χ2v) is 6.57. The molecule has 0 spiro atoms. The Bertz CT molecular complexity index is 1190. The zero-order valence-electron chi connectivity index (χ0n) is 16.6. The van der Waals surface area contributed by atoms with Gasteiger partial charge in [0.05, 0.1) is 18.5 Å². The second-order valence-electron chi connectivity index (χ2n) is 6.57. The number of anilines is 2. The Morgan fingerprint density at radius 2 is 1.87 bits per heavy atom. The van der Waals surface area contributed by atoms with Crippen molar-refractivity contribution in [2.45, 2.75) is 6.54 Å². The minimum atomic E-state index is -0.523. The summed E-state index contributed by atoms with van der Waals surface area (Å²) in [6.45, 7) is 0.286. The van der Waals surface area contributed by atoms with Gasteiger partial charge in [0.25, 0.3) is 5.91 Å². The molecular weight excluding hydrogens is 398 g/mol. The van der Waals surface area contributed by atoms with Gasteiger partial charge in [-0.15, -0.1) is 5.10 Å². The molecular formula is C20H19N9O2. The van der Waals surface area contributed by atoms with Crippen LogP contribution in [0, 0.1) is 0 Å². The second kappa shape index (κ2) is 8.86. The van der Waals surface area contributed by atoms with Gasteiger partial charge in [-0.05, 0) is 28.0 Å². The number of benzene rings is 2. The van der Waals surface area contributed by atoms with Crippen LogP contribution < -0.4 is 16.1 Å². The molecule has 0 saturated carbocycles. The van der Waals surface area contributed by atoms with E-state index in [2.05, 4.69) is 35.8 Å². The summed E-state index contributed by atoms with van der Waals surface area (Å²) in [5.41, 5.74) is 10.6. The number of nitrogen functional groups attached to an aromatic ring is 1. The number of carbonyl (C=O) groups excluding carboxylic acids is 1. The van der Waals surface area contributed by atoms with Crippen molar-refractivity contribution in [1.82, 2.24) is 30.7 Å². The first-order chi connectivity index (χ1) is 15.1. The van der Waals surface area contributed by atoms with Crippen molar-refractivity contribution >= 4 is 23.6 Å². The van der Waals surface area contributed by atoms with Gasteiger partial charge < -0.3 is 10.6 Å². The Morgan fingerprint density at radius 3 is 2.55 bits per heavy atom. The summed E-state index contributed by atoms with van der Waals surface area (Å²) in [4.78, 5) is 14.7. The number of rotatable bonds is 7. The van der Waals surface area contributed by atoms with E-state index in [0.29, 0.717) is 5.69 Å². The first-order valence-electron chi connectivity index (χ1n) is 9.31. The quantitative estimate of drug-likeness (QED) is 0.341. The van der Waals surface area contributed by atoms with Crippen LogP contribution in [0.5, 0.6) is 0 Å². The highest BCUT2D eigenvalue weighted by atomic mass is 16.6. The van der Waals surface area contributed by atoms with Gasteiger partial charge in [0.2, 0.25) is 11.6 Å². The Balaban J connectivity index is 1.62. The molecule has 4 rings (SSSR count). The van der Waals surface area contributed by atoms with Crippen molar-refractivity contribution < 1.29 is 9.42 Å². The molecule has 31 heavy (non-hydrogen) atoms. The van der Waals surface area contributed by atoms with Crippen LogP contribution in [-0.4, -0.2) is 44.5 Å². The Morgan fingerprint density at radius 1 is 1.16 bits per heavy atom. The third-order valence-corrected chi connectivity index (χ3v) is 4.44. The number of hydrazone groups is 1. The van der Waals surface area contributed by atoms with Gasteiger partial charge in [0.15, 0.2) is 5.69 Å². The summed E-state index contributed by atoms with van der Waals surface area (Å²) >= 11 is 0. The van der Waals surface area contributed by atoms with Crippen LogP contribution in [0.15, 0.2) is 70.4 Å². The lowest BCUT2D eigenvalue weighted by atomic mass is 10.2. The van der Waals surface area contributed by atoms with Crippen LogP contribution in [0.3, 0.4) is 0 Å². The molecule has 11 nitrogen and oxygen atoms in total. The summed E-state index contributed by atoms with van der Waals surface area (Å²) in [6.07, 6.45) is 1.54. The van der Waals surface area contributed by atoms with Crippen LogP contribution in [-0.2, 0) is 6.54 Å². The van der Waals surface area contributed by atoms with Gasteiger partial charge >= 0.3 is 0 Å². The normalized spacial score (nSPS) is 11.0. The number of hydrogen-bond acceptors (Lipinski definition) is 9. The molecule has 156 valence electrons. The highest BCUT2D eigenvalue weighted by Gasteiger charge is 2.25. The van der Waals surface area contributed by atoms with Gasteiger partial charge in [0.1, 0.15) is 0 Å². The molecule has 2 heterocycles. The van der Waals surface area contributed by atoms with Crippen LogP contribution in [0.25, 0.3) is 5.82 Å². The Labute approximate surface area is 177 Å². The topological polar surface area (TPSA) is 140 Å². The van der Waals surface area contributed by atoms with Crippen LogP contribution in [0.2, 0.25) is 0 Å². The van der Waals surface area contributed by atoms with E-state index in [1.165, 1.54) is 10.9 Å². The van der Waals surface area contributed by atoms with E-state index in [1.807, 2.05) is 72.6 Å². The zero-order valence-corrected chi connectivity index (χ0v) is 16.6. The Kier molecular flexibility index (Phi) is 5.65. The number of carbonyl (C=O) groups is 1. The first kappa shape index (κ1) is 19.8. The Hall–Kier alpha value is -4.54. The molecule has 1 amide bonds. The predicted molar refractivity (Wildman–Crippen MR) is 114 cm³/mol. The standard InChI is InChI=1S/C20H19N9O2/c1-28(15-10-6-3-7-11-15)13-16-17(23-27-29(16)19-18(21)25-31-26-19)20(30)24-22-12-14-8-4-2-5-9-14/h2-12H,13H2,1H3,(H2,21,25)(H,24,30). The van der Waals surface area contributed by atoms with Crippen molar-refractivity contribution in [2.75, 3.05) is 17.7 Å². The van der Waals surface area contributed by atoms with E-state index in [1.54, 1.807) is 0 Å². The lowest BCUT2D eigenvalue weighted by Crippen LogP contribution is -2.24. The van der Waals surface area contributed by atoms with Crippen molar-refractivity contribution in [1.29, 1.82) is 0 Å². The van der Waals surface area contributed by atoms with Gasteiger partial charge in [-0.2, -0.15) is 9.78 Å². The summed E-state index contributed by atoms with van der Waals surface area (Å²) in [7, 11) is 1.88. The molecule has 0 aliphatic carbocycles. The number of para-hydroxylation sites is 1. The number of nitrogens with one attached hydrogen (secondary N) is 1. The number of aromatic nitrogens is 5. The lowest BCUT2D eigenvalue weighted by Gasteiger charge is -2.19. The van der Waals surface area contributed by atoms with Crippen LogP contribution >= 0.6 is 0 Å². The number of nitrogens with two attached hydrogens (primary N) is 1. The minimum Gasteiger partial charge on any atom is -0.378 e. The third-order valence-electron chi connectivity index (χ3n) is 4.44. The molecule has 0 saturated heterocycles. The highest BCUT2D eigenvalue weighted by Crippen LogP contribution is 2.20. The van der Waals surface area contributed by atoms with E-state index in [4.69, 9.17) is 5.73 Å². The molecule has 2 aromatic carbocycles. The fraction of sp³-hybridized carbons (Fsp3) is 0.100. The monoisotopic (exact) mass is 417 g/mol. The predicted octanol–water partition coefficient (Wildman–Crippen LogP) is 1.63. The molecule has 3 N–H and O–H groups in total. The van der Waals surface area contributed by atoms with Gasteiger partial charge in [-0.25, -0.2) is 10.1 Å². The summed E-state index contributed by atoms with van der Waals surface area (Å²) in [5.74, 6) is -0.344. The van der Waals surface area contributed by atoms with Crippen LogP contribution in [0.4, 0.5) is 11.5 Å². The van der Waals surface area contributed by atoms with Gasteiger partial charge in [-0.3, -0.25) is 4.79 Å². The average Bonchev–Trinajstić information content (AvgIpc) is 3.40. The maximum Gasteiger partial charge on any atom is 0.293 e. The number of amides is 1. The fourth-order valence-corrected chi connectivity index (χ4v) is 2.88. The van der Waals surface area contributed by atoms with E-state index < -0.39 is 5.91 Å². The van der Waals surface area contributed by atoms with E-state index in [9.17, 15) is 4.79 Å². The van der Waals surface area contributed by atoms with Crippen molar-refractivity contribution in [2.24, 2.45) is 5.10 Å². The largest absolute Gasteiger partial charge is 0.378 e. The van der Waals surface area contributed by atoms with Crippen LogP contribution in [0.1, 0.15) is 21.7 Å². The molecule has 0 radical (unpaired) electrons. The molecule has 4 aromatic rings. The zero-order chi connectivity index (χ0) is 21.6. The van der Waals surface area contributed by atoms with Gasteiger partial charge in [-0.1, -0.05) is 53.7 Å². The van der Waals surface area contributed by atoms with Crippen molar-refractivity contribution in [3.8, 4) is 5.82 Å². The lowest BCUT2D eigenvalue weighted by molar-refractivity contribution is 0.0949. The van der Waals surface area contributed by atoms with E-state index in [-0.39, 0.29) is 23.9 Å². The molecule has 0 aliphatic heterocycles. The molecule has 0 aliphatic rings. The van der Waals surface area contributed by atoms with E-state index in [0.717, 1.165) is 11.3 Å². The third kappa shape index (κ3) is 4.40. The number of nitrogens with zero attached hydrogens (tertiary/aromatic N) is 7. The summed E-state index contributed by atoms with van der Waals surface area (Å²) < 4.78 is 6.01. The number of hydrogen-bond donors (Lipinski definition) is 2. The summed E-state index contributed by atoms with van der Waals surface area (Å²) in [6, 6.07) is 19.1. The average molecular weight is 417 g/mol. The molecule has 0 fully saturated rings. The van der Waals surface area contributed by atoms with Crippen molar-refractivity contribution in [3.63, 3.8) is 0 Å². The molecule has 0 unspecified atom stereocenters. The minimum absolute atomic E-state index is 0.0302. The summed E-state index contributed by atoms with van der Waals surface area (Å²) in [5, 5.41) is 19.4. The molecule has 2 aromatic heterocycles. The van der Waals surface area contributed by atoms with Crippen molar-refractivity contribution in [3.05, 3.63) is 77.6 Å². The highest BCUT2D eigenvalue weighted by molar-refractivity contribution is 5.94. The fourth-order valence-electron chi connectivity index (χ4n) is 2.88. The maximum atomic E-state index is 12.8. The molecule has 0 atom stereocenters.